The summed E-state index contributed by atoms with van der Waals surface area (Å²) in [6.45, 7) is 0.657. The molecule has 0 unspecified atom stereocenters. The molecule has 0 aliphatic heterocycles. The van der Waals surface area contributed by atoms with E-state index in [4.69, 9.17) is 4.42 Å². The summed E-state index contributed by atoms with van der Waals surface area (Å²) in [5.74, 6) is 1.75. The Kier molecular flexibility index (Phi) is 4.53. The summed E-state index contributed by atoms with van der Waals surface area (Å²) in [5.41, 5.74) is 1.20. The third-order valence-corrected chi connectivity index (χ3v) is 3.84. The van der Waals surface area contributed by atoms with Gasteiger partial charge in [-0.05, 0) is 17.7 Å². The number of rotatable bonds is 6. The number of hydrogen-bond donors (Lipinski definition) is 0. The normalized spacial score (nSPS) is 11.2. The second-order valence-electron chi connectivity index (χ2n) is 4.44. The monoisotopic (exact) mass is 297 g/mol. The molecule has 0 aliphatic rings. The Labute approximate surface area is 127 Å². The van der Waals surface area contributed by atoms with Crippen molar-refractivity contribution in [2.45, 2.75) is 11.7 Å². The summed E-state index contributed by atoms with van der Waals surface area (Å²) >= 11 is 1.66. The van der Waals surface area contributed by atoms with Gasteiger partial charge in [0.25, 0.3) is 0 Å². The van der Waals surface area contributed by atoms with E-state index in [-0.39, 0.29) is 0 Å². The Balaban J connectivity index is 1.56. The van der Waals surface area contributed by atoms with Gasteiger partial charge in [0.05, 0.1) is 12.8 Å². The van der Waals surface area contributed by atoms with Gasteiger partial charge in [-0.3, -0.25) is 0 Å². The highest BCUT2D eigenvalue weighted by molar-refractivity contribution is 7.99. The lowest BCUT2D eigenvalue weighted by Crippen LogP contribution is -1.99. The van der Waals surface area contributed by atoms with E-state index in [1.165, 1.54) is 5.56 Å². The molecule has 21 heavy (non-hydrogen) atoms. The van der Waals surface area contributed by atoms with Gasteiger partial charge in [0.1, 0.15) is 12.1 Å². The van der Waals surface area contributed by atoms with E-state index in [1.54, 1.807) is 24.4 Å². The van der Waals surface area contributed by atoms with Gasteiger partial charge in [-0.2, -0.15) is 0 Å². The Bertz CT molecular complexity index is 689. The van der Waals surface area contributed by atoms with Gasteiger partial charge in [0.15, 0.2) is 5.16 Å². The molecule has 0 bridgehead atoms. The van der Waals surface area contributed by atoms with Crippen molar-refractivity contribution in [2.24, 2.45) is 0 Å². The van der Waals surface area contributed by atoms with E-state index in [2.05, 4.69) is 34.5 Å². The van der Waals surface area contributed by atoms with Crippen LogP contribution in [-0.4, -0.2) is 20.5 Å². The smallest absolute Gasteiger partial charge is 0.191 e. The first kappa shape index (κ1) is 13.7. The van der Waals surface area contributed by atoms with Crippen molar-refractivity contribution < 1.29 is 4.42 Å². The second kappa shape index (κ2) is 6.95. The molecule has 0 radical (unpaired) electrons. The number of aromatic nitrogens is 3. The fourth-order valence-electron chi connectivity index (χ4n) is 1.91. The van der Waals surface area contributed by atoms with Gasteiger partial charge in [0.2, 0.25) is 0 Å². The largest absolute Gasteiger partial charge is 0.467 e. The van der Waals surface area contributed by atoms with Crippen LogP contribution in [0.1, 0.15) is 11.3 Å². The van der Waals surface area contributed by atoms with E-state index >= 15 is 0 Å². The van der Waals surface area contributed by atoms with Crippen LogP contribution in [0, 0.1) is 0 Å². The Hall–Kier alpha value is -2.27. The maximum Gasteiger partial charge on any atom is 0.191 e. The maximum absolute atomic E-state index is 5.35. The standard InChI is InChI=1S/C16H15N3OS/c1-2-6-14(7-3-1)8-5-11-21-16-18-17-13-19(16)12-15-9-4-10-20-15/h1-10,13H,11-12H2/b8-5+. The summed E-state index contributed by atoms with van der Waals surface area (Å²) in [7, 11) is 0. The first-order valence-electron chi connectivity index (χ1n) is 6.66. The molecule has 0 atom stereocenters. The number of nitrogens with zero attached hydrogens (tertiary/aromatic N) is 3. The fourth-order valence-corrected chi connectivity index (χ4v) is 2.63. The maximum atomic E-state index is 5.35. The lowest BCUT2D eigenvalue weighted by Gasteiger charge is -2.02. The van der Waals surface area contributed by atoms with Crippen molar-refractivity contribution in [3.05, 3.63) is 72.5 Å². The molecule has 4 nitrogen and oxygen atoms in total. The zero-order chi connectivity index (χ0) is 14.3. The topological polar surface area (TPSA) is 43.9 Å². The summed E-state index contributed by atoms with van der Waals surface area (Å²) in [5, 5.41) is 9.00. The molecular weight excluding hydrogens is 282 g/mol. The van der Waals surface area contributed by atoms with Crippen LogP contribution in [0.15, 0.2) is 70.7 Å². The van der Waals surface area contributed by atoms with Crippen molar-refractivity contribution in [2.75, 3.05) is 5.75 Å². The minimum atomic E-state index is 0.657. The summed E-state index contributed by atoms with van der Waals surface area (Å²) in [6.07, 6.45) is 7.65. The molecule has 0 aliphatic carbocycles. The number of furan rings is 1. The van der Waals surface area contributed by atoms with Crippen molar-refractivity contribution in [3.63, 3.8) is 0 Å². The van der Waals surface area contributed by atoms with Crippen LogP contribution >= 0.6 is 11.8 Å². The molecule has 1 aromatic carbocycles. The molecule has 106 valence electrons. The SMILES string of the molecule is C(=C\c1ccccc1)/CSc1nncn1Cc1ccco1. The quantitative estimate of drug-likeness (QED) is 0.650. The third-order valence-electron chi connectivity index (χ3n) is 2.90. The molecule has 3 rings (SSSR count). The molecular formula is C16H15N3OS. The molecule has 0 saturated heterocycles. The average Bonchev–Trinajstić information content (AvgIpc) is 3.18. The molecule has 2 heterocycles. The zero-order valence-corrected chi connectivity index (χ0v) is 12.2. The van der Waals surface area contributed by atoms with E-state index in [0.29, 0.717) is 6.54 Å². The predicted octanol–water partition coefficient (Wildman–Crippen LogP) is 3.72. The lowest BCUT2D eigenvalue weighted by molar-refractivity contribution is 0.484. The molecule has 0 spiro atoms. The summed E-state index contributed by atoms with van der Waals surface area (Å²) in [4.78, 5) is 0. The average molecular weight is 297 g/mol. The summed E-state index contributed by atoms with van der Waals surface area (Å²) < 4.78 is 7.33. The second-order valence-corrected chi connectivity index (χ2v) is 5.43. The highest BCUT2D eigenvalue weighted by Gasteiger charge is 2.05. The van der Waals surface area contributed by atoms with Crippen molar-refractivity contribution in [1.82, 2.24) is 14.8 Å². The van der Waals surface area contributed by atoms with Gasteiger partial charge in [-0.1, -0.05) is 54.2 Å². The van der Waals surface area contributed by atoms with E-state index in [0.717, 1.165) is 16.7 Å². The number of benzene rings is 1. The minimum absolute atomic E-state index is 0.657. The highest BCUT2D eigenvalue weighted by atomic mass is 32.2. The molecule has 0 N–H and O–H groups in total. The predicted molar refractivity (Wildman–Crippen MR) is 84.0 cm³/mol. The molecule has 2 aromatic heterocycles. The van der Waals surface area contributed by atoms with Gasteiger partial charge < -0.3 is 8.98 Å². The highest BCUT2D eigenvalue weighted by Crippen LogP contribution is 2.17. The Morgan fingerprint density at radius 2 is 2.05 bits per heavy atom. The molecule has 0 fully saturated rings. The van der Waals surface area contributed by atoms with E-state index in [9.17, 15) is 0 Å². The van der Waals surface area contributed by atoms with Crippen molar-refractivity contribution >= 4 is 17.8 Å². The van der Waals surface area contributed by atoms with Gasteiger partial charge in [0, 0.05) is 5.75 Å². The van der Waals surface area contributed by atoms with Crippen molar-refractivity contribution in [3.8, 4) is 0 Å². The lowest BCUT2D eigenvalue weighted by atomic mass is 10.2. The summed E-state index contributed by atoms with van der Waals surface area (Å²) in [6, 6.07) is 14.1. The van der Waals surface area contributed by atoms with Crippen LogP contribution in [-0.2, 0) is 6.54 Å². The van der Waals surface area contributed by atoms with Gasteiger partial charge in [-0.15, -0.1) is 10.2 Å². The van der Waals surface area contributed by atoms with Crippen LogP contribution in [0.4, 0.5) is 0 Å². The number of hydrogen-bond acceptors (Lipinski definition) is 4. The molecule has 0 amide bonds. The van der Waals surface area contributed by atoms with Crippen LogP contribution in [0.5, 0.6) is 0 Å². The third kappa shape index (κ3) is 3.86. The van der Waals surface area contributed by atoms with Crippen LogP contribution in [0.25, 0.3) is 6.08 Å². The Morgan fingerprint density at radius 3 is 2.86 bits per heavy atom. The molecule has 3 aromatic rings. The van der Waals surface area contributed by atoms with Crippen LogP contribution in [0.2, 0.25) is 0 Å². The first-order valence-corrected chi connectivity index (χ1v) is 7.65. The van der Waals surface area contributed by atoms with Crippen LogP contribution in [0.3, 0.4) is 0 Å². The van der Waals surface area contributed by atoms with E-state index < -0.39 is 0 Å². The minimum Gasteiger partial charge on any atom is -0.467 e. The number of thioether (sulfide) groups is 1. The fraction of sp³-hybridized carbons (Fsp3) is 0.125. The van der Waals surface area contributed by atoms with E-state index in [1.807, 2.05) is 34.9 Å². The first-order chi connectivity index (χ1) is 10.4. The Morgan fingerprint density at radius 1 is 1.14 bits per heavy atom. The zero-order valence-electron chi connectivity index (χ0n) is 11.4. The van der Waals surface area contributed by atoms with Gasteiger partial charge in [-0.25, -0.2) is 0 Å². The van der Waals surface area contributed by atoms with Crippen LogP contribution < -0.4 is 0 Å². The van der Waals surface area contributed by atoms with Crippen molar-refractivity contribution in [1.29, 1.82) is 0 Å². The molecule has 5 heteroatoms. The molecule has 0 saturated carbocycles. The van der Waals surface area contributed by atoms with Gasteiger partial charge >= 0.3 is 0 Å².